The zero-order valence-corrected chi connectivity index (χ0v) is 15.7. The van der Waals surface area contributed by atoms with E-state index in [0.717, 1.165) is 5.56 Å². The first-order valence-corrected chi connectivity index (χ1v) is 8.61. The average molecular weight is 376 g/mol. The van der Waals surface area contributed by atoms with Crippen molar-refractivity contribution in [3.8, 4) is 0 Å². The molecule has 0 aliphatic rings. The van der Waals surface area contributed by atoms with Gasteiger partial charge < -0.3 is 10.6 Å². The second kappa shape index (κ2) is 8.55. The van der Waals surface area contributed by atoms with Crippen LogP contribution in [0.5, 0.6) is 0 Å². The highest BCUT2D eigenvalue weighted by atomic mass is 35.5. The van der Waals surface area contributed by atoms with Crippen molar-refractivity contribution in [2.24, 2.45) is 9.98 Å². The van der Waals surface area contributed by atoms with Gasteiger partial charge in [0.2, 0.25) is 0 Å². The molecule has 1 amide bonds. The van der Waals surface area contributed by atoms with Crippen LogP contribution in [0.25, 0.3) is 0 Å². The largest absolute Gasteiger partial charge is 0.320 e. The number of hydrogen-bond acceptors (Lipinski definition) is 5. The van der Waals surface area contributed by atoms with E-state index in [-0.39, 0.29) is 5.91 Å². The van der Waals surface area contributed by atoms with E-state index in [0.29, 0.717) is 32.4 Å². The predicted molar refractivity (Wildman–Crippen MR) is 106 cm³/mol. The van der Waals surface area contributed by atoms with Crippen molar-refractivity contribution in [2.45, 2.75) is 20.8 Å². The van der Waals surface area contributed by atoms with Crippen LogP contribution in [0.1, 0.15) is 29.1 Å². The van der Waals surface area contributed by atoms with Crippen molar-refractivity contribution in [1.29, 1.82) is 0 Å². The van der Waals surface area contributed by atoms with Crippen LogP contribution in [0.15, 0.2) is 46.3 Å². The van der Waals surface area contributed by atoms with Crippen LogP contribution < -0.4 is 10.6 Å². The molecule has 2 rings (SSSR count). The lowest BCUT2D eigenvalue weighted by Gasteiger charge is -2.08. The van der Waals surface area contributed by atoms with Crippen molar-refractivity contribution in [3.05, 3.63) is 51.8 Å². The SMILES string of the molecule is C=N/C(C)=N\C(=C/C)Nc1ncc(C(=O)Nc2c(C)cccc2Cl)s1. The number of carbonyl (C=O) groups is 1. The molecule has 0 saturated carbocycles. The fourth-order valence-corrected chi connectivity index (χ4v) is 2.87. The number of thiazole rings is 1. The molecule has 25 heavy (non-hydrogen) atoms. The number of aliphatic imine (C=N–C) groups is 2. The van der Waals surface area contributed by atoms with E-state index >= 15 is 0 Å². The molecule has 0 saturated heterocycles. The fourth-order valence-electron chi connectivity index (χ4n) is 1.89. The molecule has 2 N–H and O–H groups in total. The number of nitrogens with zero attached hydrogens (tertiary/aromatic N) is 3. The molecular formula is C17H18ClN5OS. The van der Waals surface area contributed by atoms with Crippen molar-refractivity contribution in [3.63, 3.8) is 0 Å². The Bertz CT molecular complexity index is 836. The lowest BCUT2D eigenvalue weighted by molar-refractivity contribution is 0.103. The van der Waals surface area contributed by atoms with Gasteiger partial charge in [-0.3, -0.25) is 4.79 Å². The van der Waals surface area contributed by atoms with E-state index in [2.05, 4.69) is 32.3 Å². The minimum Gasteiger partial charge on any atom is -0.320 e. The number of carbonyl (C=O) groups excluding carboxylic acids is 1. The summed E-state index contributed by atoms with van der Waals surface area (Å²) >= 11 is 7.36. The zero-order chi connectivity index (χ0) is 18.4. The van der Waals surface area contributed by atoms with Crippen LogP contribution in [0.2, 0.25) is 5.02 Å². The molecule has 0 aliphatic carbocycles. The highest BCUT2D eigenvalue weighted by Crippen LogP contribution is 2.27. The summed E-state index contributed by atoms with van der Waals surface area (Å²) in [7, 11) is 0. The summed E-state index contributed by atoms with van der Waals surface area (Å²) in [4.78, 5) is 25.1. The Morgan fingerprint density at radius 2 is 2.16 bits per heavy atom. The molecule has 0 spiro atoms. The topological polar surface area (TPSA) is 78.7 Å². The maximum absolute atomic E-state index is 12.4. The zero-order valence-electron chi connectivity index (χ0n) is 14.1. The Hall–Kier alpha value is -2.51. The molecule has 1 aromatic heterocycles. The highest BCUT2D eigenvalue weighted by Gasteiger charge is 2.14. The van der Waals surface area contributed by atoms with E-state index in [4.69, 9.17) is 11.6 Å². The van der Waals surface area contributed by atoms with Gasteiger partial charge >= 0.3 is 0 Å². The Morgan fingerprint density at radius 1 is 1.40 bits per heavy atom. The van der Waals surface area contributed by atoms with E-state index in [1.165, 1.54) is 17.5 Å². The van der Waals surface area contributed by atoms with Gasteiger partial charge in [0.15, 0.2) is 5.13 Å². The minimum absolute atomic E-state index is 0.267. The Morgan fingerprint density at radius 3 is 2.80 bits per heavy atom. The number of aryl methyl sites for hydroxylation is 1. The number of amidine groups is 1. The standard InChI is InChI=1S/C17H18ClN5OS/c1-5-14(21-11(3)19-4)22-17-20-9-13(25-17)16(24)23-15-10(2)7-6-8-12(15)18/h5-9H,4H2,1-3H3,(H,20,22)(H,23,24)/b14-5+,21-11-. The van der Waals surface area contributed by atoms with Gasteiger partial charge in [0.25, 0.3) is 5.91 Å². The molecule has 8 heteroatoms. The summed E-state index contributed by atoms with van der Waals surface area (Å²) in [5.74, 6) is 0.841. The third kappa shape index (κ3) is 4.98. The molecule has 1 aromatic carbocycles. The van der Waals surface area contributed by atoms with Gasteiger partial charge in [-0.2, -0.15) is 0 Å². The maximum Gasteiger partial charge on any atom is 0.267 e. The first-order valence-electron chi connectivity index (χ1n) is 7.42. The quantitative estimate of drug-likeness (QED) is 0.584. The normalized spacial score (nSPS) is 12.0. The fraction of sp³-hybridized carbons (Fsp3) is 0.176. The number of para-hydroxylation sites is 1. The molecular weight excluding hydrogens is 358 g/mol. The molecule has 1 heterocycles. The molecule has 0 unspecified atom stereocenters. The molecule has 2 aromatic rings. The molecule has 0 atom stereocenters. The van der Waals surface area contributed by atoms with Crippen molar-refractivity contribution < 1.29 is 4.79 Å². The van der Waals surface area contributed by atoms with Gasteiger partial charge in [-0.05, 0) is 45.2 Å². The Balaban J connectivity index is 2.13. The monoisotopic (exact) mass is 375 g/mol. The van der Waals surface area contributed by atoms with Gasteiger partial charge in [0.05, 0.1) is 16.9 Å². The van der Waals surface area contributed by atoms with E-state index in [1.807, 2.05) is 26.0 Å². The van der Waals surface area contributed by atoms with Crippen LogP contribution in [0.3, 0.4) is 0 Å². The maximum atomic E-state index is 12.4. The van der Waals surface area contributed by atoms with Crippen LogP contribution in [0.4, 0.5) is 10.8 Å². The Labute approximate surface area is 155 Å². The van der Waals surface area contributed by atoms with Gasteiger partial charge in [-0.25, -0.2) is 15.0 Å². The van der Waals surface area contributed by atoms with Crippen LogP contribution >= 0.6 is 22.9 Å². The second-order valence-electron chi connectivity index (χ2n) is 5.03. The lowest BCUT2D eigenvalue weighted by Crippen LogP contribution is -2.11. The number of halogens is 1. The number of amides is 1. The average Bonchev–Trinajstić information content (AvgIpc) is 3.06. The van der Waals surface area contributed by atoms with Gasteiger partial charge in [0.1, 0.15) is 16.5 Å². The number of aromatic nitrogens is 1. The van der Waals surface area contributed by atoms with Crippen molar-refractivity contribution >= 4 is 52.2 Å². The van der Waals surface area contributed by atoms with Gasteiger partial charge in [-0.1, -0.05) is 35.1 Å². The number of rotatable bonds is 5. The highest BCUT2D eigenvalue weighted by molar-refractivity contribution is 7.17. The molecule has 0 fully saturated rings. The molecule has 6 nitrogen and oxygen atoms in total. The van der Waals surface area contributed by atoms with Crippen molar-refractivity contribution in [2.75, 3.05) is 10.6 Å². The number of hydrogen-bond donors (Lipinski definition) is 2. The van der Waals surface area contributed by atoms with Crippen LogP contribution in [-0.4, -0.2) is 23.4 Å². The van der Waals surface area contributed by atoms with E-state index < -0.39 is 0 Å². The smallest absolute Gasteiger partial charge is 0.267 e. The third-order valence-electron chi connectivity index (χ3n) is 3.21. The summed E-state index contributed by atoms with van der Waals surface area (Å²) < 4.78 is 0. The summed E-state index contributed by atoms with van der Waals surface area (Å²) in [6, 6.07) is 5.45. The molecule has 0 aliphatic heterocycles. The minimum atomic E-state index is -0.267. The summed E-state index contributed by atoms with van der Waals surface area (Å²) in [6.45, 7) is 8.88. The predicted octanol–water partition coefficient (Wildman–Crippen LogP) is 4.75. The van der Waals surface area contributed by atoms with Gasteiger partial charge in [0, 0.05) is 0 Å². The second-order valence-corrected chi connectivity index (χ2v) is 6.47. The Kier molecular flexibility index (Phi) is 6.44. The van der Waals surface area contributed by atoms with E-state index in [9.17, 15) is 4.79 Å². The number of allylic oxidation sites excluding steroid dienone is 1. The number of nitrogens with one attached hydrogen (secondary N) is 2. The number of anilines is 2. The lowest BCUT2D eigenvalue weighted by atomic mass is 10.2. The van der Waals surface area contributed by atoms with E-state index in [1.54, 1.807) is 19.1 Å². The summed E-state index contributed by atoms with van der Waals surface area (Å²) in [6.07, 6.45) is 3.28. The molecule has 130 valence electrons. The molecule has 0 radical (unpaired) electrons. The van der Waals surface area contributed by atoms with Crippen molar-refractivity contribution in [1.82, 2.24) is 4.98 Å². The first kappa shape index (κ1) is 18.8. The summed E-state index contributed by atoms with van der Waals surface area (Å²) in [5.41, 5.74) is 1.49. The van der Waals surface area contributed by atoms with Crippen LogP contribution in [0, 0.1) is 6.92 Å². The van der Waals surface area contributed by atoms with Gasteiger partial charge in [-0.15, -0.1) is 0 Å². The molecule has 0 bridgehead atoms. The third-order valence-corrected chi connectivity index (χ3v) is 4.44. The number of benzene rings is 1. The van der Waals surface area contributed by atoms with Crippen LogP contribution in [-0.2, 0) is 0 Å². The summed E-state index contributed by atoms with van der Waals surface area (Å²) in [5, 5.41) is 6.91. The first-order chi connectivity index (χ1) is 11.9.